The molecule has 0 saturated carbocycles. The Morgan fingerprint density at radius 3 is 2.73 bits per heavy atom. The fourth-order valence-corrected chi connectivity index (χ4v) is 3.65. The van der Waals surface area contributed by atoms with E-state index in [1.54, 1.807) is 11.0 Å². The van der Waals surface area contributed by atoms with Gasteiger partial charge >= 0.3 is 0 Å². The van der Waals surface area contributed by atoms with Gasteiger partial charge in [0.1, 0.15) is 54.6 Å². The minimum atomic E-state index is -1.33. The van der Waals surface area contributed by atoms with Crippen LogP contribution in [-0.4, -0.2) is 69.9 Å². The minimum absolute atomic E-state index is 0.0208. The average molecular weight is 460 g/mol. The van der Waals surface area contributed by atoms with Gasteiger partial charge in [-0.25, -0.2) is 18.4 Å². The zero-order valence-electron chi connectivity index (χ0n) is 18.1. The maximum atomic E-state index is 13.4. The SMILES string of the molecule is O[C@@]1(COc2cc(F)cc(F)c2)COCCN(Cc2cccc(OCCn3cncn3)c2)C1. The first-order valence-corrected chi connectivity index (χ1v) is 10.6. The smallest absolute Gasteiger partial charge is 0.137 e. The molecule has 1 atom stereocenters. The third-order valence-corrected chi connectivity index (χ3v) is 5.14. The van der Waals surface area contributed by atoms with E-state index in [9.17, 15) is 13.9 Å². The van der Waals surface area contributed by atoms with E-state index in [0.717, 1.165) is 29.5 Å². The number of β-amino-alcohol motifs (C(OH)–C–C–N with tert-alkyl or cyclic N) is 1. The largest absolute Gasteiger partial charge is 0.492 e. The molecule has 0 spiro atoms. The summed E-state index contributed by atoms with van der Waals surface area (Å²) in [6.45, 7) is 2.88. The fraction of sp³-hybridized carbons (Fsp3) is 0.391. The van der Waals surface area contributed by atoms with E-state index in [2.05, 4.69) is 15.0 Å². The van der Waals surface area contributed by atoms with Gasteiger partial charge < -0.3 is 19.3 Å². The first kappa shape index (κ1) is 23.1. The van der Waals surface area contributed by atoms with Gasteiger partial charge in [-0.2, -0.15) is 5.10 Å². The predicted octanol–water partition coefficient (Wildman–Crippen LogP) is 2.28. The Morgan fingerprint density at radius 2 is 1.94 bits per heavy atom. The van der Waals surface area contributed by atoms with Gasteiger partial charge in [-0.05, 0) is 17.7 Å². The summed E-state index contributed by atoms with van der Waals surface area (Å²) in [6, 6.07) is 10.7. The van der Waals surface area contributed by atoms with E-state index in [1.807, 2.05) is 24.3 Å². The molecule has 1 aliphatic rings. The van der Waals surface area contributed by atoms with Crippen molar-refractivity contribution < 1.29 is 28.1 Å². The molecule has 10 heteroatoms. The maximum Gasteiger partial charge on any atom is 0.137 e. The maximum absolute atomic E-state index is 13.4. The molecular weight excluding hydrogens is 434 g/mol. The van der Waals surface area contributed by atoms with Gasteiger partial charge in [-0.15, -0.1) is 0 Å². The molecule has 2 heterocycles. The summed E-state index contributed by atoms with van der Waals surface area (Å²) in [4.78, 5) is 5.95. The second kappa shape index (κ2) is 10.7. The molecule has 1 saturated heterocycles. The van der Waals surface area contributed by atoms with Crippen LogP contribution in [0.15, 0.2) is 55.1 Å². The van der Waals surface area contributed by atoms with Crippen LogP contribution in [0.5, 0.6) is 11.5 Å². The molecule has 0 aliphatic carbocycles. The lowest BCUT2D eigenvalue weighted by Crippen LogP contribution is -2.48. The van der Waals surface area contributed by atoms with Crippen molar-refractivity contribution in [2.45, 2.75) is 18.7 Å². The van der Waals surface area contributed by atoms with E-state index in [0.29, 0.717) is 32.8 Å². The first-order valence-electron chi connectivity index (χ1n) is 10.6. The highest BCUT2D eigenvalue weighted by atomic mass is 19.1. The van der Waals surface area contributed by atoms with Crippen LogP contribution in [0.25, 0.3) is 0 Å². The predicted molar refractivity (Wildman–Crippen MR) is 115 cm³/mol. The molecule has 4 rings (SSSR count). The van der Waals surface area contributed by atoms with Crippen molar-refractivity contribution in [2.24, 2.45) is 0 Å². The van der Waals surface area contributed by atoms with Gasteiger partial charge in [0, 0.05) is 37.8 Å². The molecule has 33 heavy (non-hydrogen) atoms. The summed E-state index contributed by atoms with van der Waals surface area (Å²) in [6.07, 6.45) is 3.12. The van der Waals surface area contributed by atoms with Gasteiger partial charge in [0.15, 0.2) is 0 Å². The number of nitrogens with zero attached hydrogens (tertiary/aromatic N) is 4. The summed E-state index contributed by atoms with van der Waals surface area (Å²) in [7, 11) is 0. The van der Waals surface area contributed by atoms with Gasteiger partial charge in [0.05, 0.1) is 19.8 Å². The number of benzene rings is 2. The highest BCUT2D eigenvalue weighted by Gasteiger charge is 2.33. The topological polar surface area (TPSA) is 81.9 Å². The van der Waals surface area contributed by atoms with Crippen LogP contribution in [0.2, 0.25) is 0 Å². The second-order valence-electron chi connectivity index (χ2n) is 8.04. The quantitative estimate of drug-likeness (QED) is 0.525. The first-order chi connectivity index (χ1) is 16.0. The van der Waals surface area contributed by atoms with Crippen molar-refractivity contribution in [3.63, 3.8) is 0 Å². The molecule has 1 N–H and O–H groups in total. The molecule has 3 aromatic rings. The normalized spacial score (nSPS) is 19.2. The number of hydrogen-bond donors (Lipinski definition) is 1. The van der Waals surface area contributed by atoms with Crippen LogP contribution in [0, 0.1) is 11.6 Å². The van der Waals surface area contributed by atoms with Gasteiger partial charge in [0.25, 0.3) is 0 Å². The zero-order chi connectivity index (χ0) is 23.1. The molecule has 1 aliphatic heterocycles. The van der Waals surface area contributed by atoms with E-state index in [4.69, 9.17) is 14.2 Å². The standard InChI is InChI=1S/C23H26F2N4O4/c24-19-9-20(25)11-22(10-19)33-15-23(30)13-28(4-6-31-14-23)12-18-2-1-3-21(8-18)32-7-5-29-17-26-16-27-29/h1-3,8-11,16-17,30H,4-7,12-15H2/t23-/m1/s1. The van der Waals surface area contributed by atoms with Crippen molar-refractivity contribution in [1.82, 2.24) is 19.7 Å². The minimum Gasteiger partial charge on any atom is -0.492 e. The van der Waals surface area contributed by atoms with Gasteiger partial charge in [-0.3, -0.25) is 4.90 Å². The van der Waals surface area contributed by atoms with E-state index in [1.165, 1.54) is 6.33 Å². The van der Waals surface area contributed by atoms with Crippen molar-refractivity contribution in [1.29, 1.82) is 0 Å². The summed E-state index contributed by atoms with van der Waals surface area (Å²) in [5.41, 5.74) is -0.309. The second-order valence-corrected chi connectivity index (χ2v) is 8.04. The molecule has 8 nitrogen and oxygen atoms in total. The van der Waals surface area contributed by atoms with Crippen LogP contribution in [0.3, 0.4) is 0 Å². The van der Waals surface area contributed by atoms with E-state index in [-0.39, 0.29) is 25.5 Å². The number of aliphatic hydroxyl groups is 1. The highest BCUT2D eigenvalue weighted by molar-refractivity contribution is 5.28. The van der Waals surface area contributed by atoms with Crippen LogP contribution < -0.4 is 9.47 Å². The lowest BCUT2D eigenvalue weighted by Gasteiger charge is -2.30. The number of halogens is 2. The van der Waals surface area contributed by atoms with Gasteiger partial charge in [-0.1, -0.05) is 12.1 Å². The fourth-order valence-electron chi connectivity index (χ4n) is 3.65. The lowest BCUT2D eigenvalue weighted by molar-refractivity contribution is -0.0647. The third kappa shape index (κ3) is 6.95. The molecule has 0 bridgehead atoms. The Hall–Kier alpha value is -3.08. The number of hydrogen-bond acceptors (Lipinski definition) is 7. The van der Waals surface area contributed by atoms with Crippen LogP contribution in [-0.2, 0) is 17.8 Å². The Labute approximate surface area is 190 Å². The molecule has 176 valence electrons. The Kier molecular flexibility index (Phi) is 7.48. The average Bonchev–Trinajstić information content (AvgIpc) is 3.22. The van der Waals surface area contributed by atoms with Crippen molar-refractivity contribution in [3.8, 4) is 11.5 Å². The Bertz CT molecular complexity index is 1020. The van der Waals surface area contributed by atoms with E-state index >= 15 is 0 Å². The zero-order valence-corrected chi connectivity index (χ0v) is 18.1. The molecular formula is C23H26F2N4O4. The molecule has 1 fully saturated rings. The summed E-state index contributed by atoms with van der Waals surface area (Å²) in [5, 5.41) is 15.1. The molecule has 0 radical (unpaired) electrons. The third-order valence-electron chi connectivity index (χ3n) is 5.14. The van der Waals surface area contributed by atoms with Crippen LogP contribution in [0.4, 0.5) is 8.78 Å². The van der Waals surface area contributed by atoms with Crippen LogP contribution in [0.1, 0.15) is 5.56 Å². The molecule has 2 aromatic carbocycles. The summed E-state index contributed by atoms with van der Waals surface area (Å²) < 4.78 is 45.4. The number of ether oxygens (including phenoxy) is 3. The monoisotopic (exact) mass is 460 g/mol. The molecule has 0 unspecified atom stereocenters. The van der Waals surface area contributed by atoms with E-state index < -0.39 is 17.2 Å². The Morgan fingerprint density at radius 1 is 1.09 bits per heavy atom. The van der Waals surface area contributed by atoms with Crippen molar-refractivity contribution in [2.75, 3.05) is 39.5 Å². The van der Waals surface area contributed by atoms with Crippen LogP contribution >= 0.6 is 0 Å². The summed E-state index contributed by atoms with van der Waals surface area (Å²) >= 11 is 0. The number of aromatic nitrogens is 3. The molecule has 1 aromatic heterocycles. The van der Waals surface area contributed by atoms with Crippen molar-refractivity contribution >= 4 is 0 Å². The number of rotatable bonds is 9. The summed E-state index contributed by atoms with van der Waals surface area (Å²) in [5.74, 6) is -0.712. The lowest BCUT2D eigenvalue weighted by atomic mass is 10.1. The highest BCUT2D eigenvalue weighted by Crippen LogP contribution is 2.21. The van der Waals surface area contributed by atoms with Gasteiger partial charge in [0.2, 0.25) is 0 Å². The Balaban J connectivity index is 1.33. The molecule has 0 amide bonds. The van der Waals surface area contributed by atoms with Crippen molar-refractivity contribution in [3.05, 3.63) is 72.3 Å².